The van der Waals surface area contributed by atoms with Crippen molar-refractivity contribution in [1.82, 2.24) is 4.90 Å². The van der Waals surface area contributed by atoms with E-state index in [0.29, 0.717) is 18.7 Å². The first kappa shape index (κ1) is 21.4. The largest absolute Gasteiger partial charge is 0.336 e. The molecule has 0 unspecified atom stereocenters. The summed E-state index contributed by atoms with van der Waals surface area (Å²) in [7, 11) is -3.34. The lowest BCUT2D eigenvalue weighted by Crippen LogP contribution is -2.32. The van der Waals surface area contributed by atoms with Crippen molar-refractivity contribution in [2.45, 2.75) is 36.0 Å². The van der Waals surface area contributed by atoms with Crippen LogP contribution in [0.5, 0.6) is 0 Å². The standard InChI is InChI=1S/C20H24N2O3S.ClH/c1-14(2)26(24,25)17-10-8-16(9-11-17)20(23)22-12-18(19(21)13-22)15-6-4-3-5-7-15;/h3-11,14,18-19H,12-13,21H2,1-2H3;1H/t18-,19+;/m0./s1. The van der Waals surface area contributed by atoms with E-state index in [9.17, 15) is 13.2 Å². The molecule has 27 heavy (non-hydrogen) atoms. The summed E-state index contributed by atoms with van der Waals surface area (Å²) in [5, 5.41) is -0.493. The number of amides is 1. The van der Waals surface area contributed by atoms with Crippen LogP contribution in [0, 0.1) is 0 Å². The number of carbonyl (C=O) groups excluding carboxylic acids is 1. The number of rotatable bonds is 4. The van der Waals surface area contributed by atoms with Crippen LogP contribution < -0.4 is 5.73 Å². The van der Waals surface area contributed by atoms with Gasteiger partial charge in [0.2, 0.25) is 0 Å². The Morgan fingerprint density at radius 3 is 2.19 bits per heavy atom. The molecule has 0 radical (unpaired) electrons. The van der Waals surface area contributed by atoms with Gasteiger partial charge in [-0.25, -0.2) is 8.42 Å². The topological polar surface area (TPSA) is 80.5 Å². The number of nitrogens with two attached hydrogens (primary N) is 1. The van der Waals surface area contributed by atoms with Gasteiger partial charge in [0.1, 0.15) is 0 Å². The average molecular weight is 409 g/mol. The molecule has 1 saturated heterocycles. The number of sulfone groups is 1. The van der Waals surface area contributed by atoms with Gasteiger partial charge in [0.25, 0.3) is 5.91 Å². The van der Waals surface area contributed by atoms with Crippen LogP contribution in [0.4, 0.5) is 0 Å². The van der Waals surface area contributed by atoms with Crippen molar-refractivity contribution in [3.05, 3.63) is 65.7 Å². The van der Waals surface area contributed by atoms with Gasteiger partial charge in [-0.3, -0.25) is 4.79 Å². The Morgan fingerprint density at radius 1 is 1.04 bits per heavy atom. The van der Waals surface area contributed by atoms with Gasteiger partial charge < -0.3 is 10.6 Å². The van der Waals surface area contributed by atoms with Gasteiger partial charge in [0.15, 0.2) is 9.84 Å². The third-order valence-corrected chi connectivity index (χ3v) is 7.10. The third-order valence-electron chi connectivity index (χ3n) is 4.93. The molecule has 2 N–H and O–H groups in total. The summed E-state index contributed by atoms with van der Waals surface area (Å²) >= 11 is 0. The highest BCUT2D eigenvalue weighted by Crippen LogP contribution is 2.27. The Balaban J connectivity index is 0.00000261. The zero-order chi connectivity index (χ0) is 18.9. The first-order chi connectivity index (χ1) is 12.3. The van der Waals surface area contributed by atoms with Crippen LogP contribution in [0.3, 0.4) is 0 Å². The Labute approximate surface area is 166 Å². The summed E-state index contributed by atoms with van der Waals surface area (Å²) in [6, 6.07) is 16.0. The fraction of sp³-hybridized carbons (Fsp3) is 0.350. The van der Waals surface area contributed by atoms with Crippen LogP contribution in [0.2, 0.25) is 0 Å². The van der Waals surface area contributed by atoms with Crippen molar-refractivity contribution in [1.29, 1.82) is 0 Å². The molecule has 7 heteroatoms. The molecule has 1 aliphatic heterocycles. The summed E-state index contributed by atoms with van der Waals surface area (Å²) < 4.78 is 24.4. The number of likely N-dealkylation sites (tertiary alicyclic amines) is 1. The van der Waals surface area contributed by atoms with Gasteiger partial charge in [0.05, 0.1) is 10.1 Å². The van der Waals surface area contributed by atoms with Crippen LogP contribution in [-0.2, 0) is 9.84 Å². The van der Waals surface area contributed by atoms with E-state index in [2.05, 4.69) is 0 Å². The van der Waals surface area contributed by atoms with Crippen LogP contribution in [0.15, 0.2) is 59.5 Å². The van der Waals surface area contributed by atoms with Crippen molar-refractivity contribution in [2.24, 2.45) is 5.73 Å². The lowest BCUT2D eigenvalue weighted by Gasteiger charge is -2.17. The molecule has 146 valence electrons. The van der Waals surface area contributed by atoms with Crippen molar-refractivity contribution in [3.8, 4) is 0 Å². The highest BCUT2D eigenvalue weighted by molar-refractivity contribution is 7.92. The van der Waals surface area contributed by atoms with Gasteiger partial charge in [-0.15, -0.1) is 12.4 Å². The molecular weight excluding hydrogens is 384 g/mol. The molecular formula is C20H25ClN2O3S. The lowest BCUT2D eigenvalue weighted by atomic mass is 9.95. The first-order valence-corrected chi connectivity index (χ1v) is 10.3. The normalized spacial score (nSPS) is 19.8. The number of benzene rings is 2. The number of carbonyl (C=O) groups is 1. The molecule has 5 nitrogen and oxygen atoms in total. The summed E-state index contributed by atoms with van der Waals surface area (Å²) in [5.41, 5.74) is 7.87. The highest BCUT2D eigenvalue weighted by atomic mass is 35.5. The predicted octanol–water partition coefficient (Wildman–Crippen LogP) is 2.86. The minimum atomic E-state index is -3.34. The molecule has 2 atom stereocenters. The van der Waals surface area contributed by atoms with Gasteiger partial charge in [0, 0.05) is 30.6 Å². The monoisotopic (exact) mass is 408 g/mol. The predicted molar refractivity (Wildman–Crippen MR) is 109 cm³/mol. The second-order valence-corrected chi connectivity index (χ2v) is 9.51. The average Bonchev–Trinajstić information content (AvgIpc) is 3.03. The third kappa shape index (κ3) is 4.34. The molecule has 0 aromatic heterocycles. The van der Waals surface area contributed by atoms with Crippen LogP contribution in [0.25, 0.3) is 0 Å². The van der Waals surface area contributed by atoms with Gasteiger partial charge in [-0.05, 0) is 43.7 Å². The van der Waals surface area contributed by atoms with Crippen molar-refractivity contribution in [3.63, 3.8) is 0 Å². The number of nitrogens with zero attached hydrogens (tertiary/aromatic N) is 1. The molecule has 3 rings (SSSR count). The minimum absolute atomic E-state index is 0. The maximum atomic E-state index is 12.8. The molecule has 0 aliphatic carbocycles. The van der Waals surface area contributed by atoms with Crippen molar-refractivity contribution in [2.75, 3.05) is 13.1 Å². The molecule has 0 saturated carbocycles. The van der Waals surface area contributed by atoms with Gasteiger partial charge >= 0.3 is 0 Å². The van der Waals surface area contributed by atoms with Gasteiger partial charge in [-0.1, -0.05) is 30.3 Å². The van der Waals surface area contributed by atoms with Crippen molar-refractivity contribution >= 4 is 28.2 Å². The SMILES string of the molecule is CC(C)S(=O)(=O)c1ccc(C(=O)N2C[C@@H](N)[C@H](c3ccccc3)C2)cc1.Cl. The molecule has 2 aromatic rings. The Bertz CT molecular complexity index is 883. The van der Waals surface area contributed by atoms with E-state index in [1.165, 1.54) is 12.1 Å². The summed E-state index contributed by atoms with van der Waals surface area (Å²) in [4.78, 5) is 14.8. The van der Waals surface area contributed by atoms with Crippen molar-refractivity contribution < 1.29 is 13.2 Å². The second-order valence-electron chi connectivity index (χ2n) is 7.01. The molecule has 0 spiro atoms. The number of hydrogen-bond acceptors (Lipinski definition) is 4. The van der Waals surface area contributed by atoms with E-state index in [1.54, 1.807) is 30.9 Å². The maximum Gasteiger partial charge on any atom is 0.253 e. The Hall–Kier alpha value is -1.89. The maximum absolute atomic E-state index is 12.8. The van der Waals surface area contributed by atoms with E-state index in [-0.39, 0.29) is 35.2 Å². The van der Waals surface area contributed by atoms with Crippen LogP contribution in [-0.4, -0.2) is 43.6 Å². The molecule has 0 bridgehead atoms. The fourth-order valence-electron chi connectivity index (χ4n) is 3.29. The minimum Gasteiger partial charge on any atom is -0.336 e. The summed E-state index contributed by atoms with van der Waals surface area (Å²) in [5.74, 6) is -0.00637. The van der Waals surface area contributed by atoms with Gasteiger partial charge in [-0.2, -0.15) is 0 Å². The molecule has 1 heterocycles. The van der Waals surface area contributed by atoms with E-state index in [1.807, 2.05) is 30.3 Å². The smallest absolute Gasteiger partial charge is 0.253 e. The molecule has 1 amide bonds. The second kappa shape index (κ2) is 8.42. The lowest BCUT2D eigenvalue weighted by molar-refractivity contribution is 0.0789. The van der Waals surface area contributed by atoms with E-state index >= 15 is 0 Å². The van der Waals surface area contributed by atoms with Crippen LogP contribution in [0.1, 0.15) is 35.7 Å². The van der Waals surface area contributed by atoms with Crippen LogP contribution >= 0.6 is 12.4 Å². The number of hydrogen-bond donors (Lipinski definition) is 1. The summed E-state index contributed by atoms with van der Waals surface area (Å²) in [6.45, 7) is 4.34. The quantitative estimate of drug-likeness (QED) is 0.843. The molecule has 1 fully saturated rings. The summed E-state index contributed by atoms with van der Waals surface area (Å²) in [6.07, 6.45) is 0. The fourth-order valence-corrected chi connectivity index (χ4v) is 4.35. The zero-order valence-electron chi connectivity index (χ0n) is 15.4. The Morgan fingerprint density at radius 2 is 1.63 bits per heavy atom. The first-order valence-electron chi connectivity index (χ1n) is 8.74. The van der Waals surface area contributed by atoms with E-state index in [0.717, 1.165) is 5.56 Å². The number of halogens is 1. The zero-order valence-corrected chi connectivity index (χ0v) is 17.0. The highest BCUT2D eigenvalue weighted by Gasteiger charge is 2.34. The van der Waals surface area contributed by atoms with E-state index in [4.69, 9.17) is 5.73 Å². The molecule has 1 aliphatic rings. The molecule has 2 aromatic carbocycles. The Kier molecular flexibility index (Phi) is 6.68. The van der Waals surface area contributed by atoms with E-state index < -0.39 is 15.1 Å².